The van der Waals surface area contributed by atoms with Gasteiger partial charge in [-0.1, -0.05) is 19.1 Å². The van der Waals surface area contributed by atoms with Crippen LogP contribution in [0.25, 0.3) is 0 Å². The number of hydrogen-bond acceptors (Lipinski definition) is 4. The fourth-order valence-electron chi connectivity index (χ4n) is 1.58. The molecular formula is C13H18N2O5S. The number of carboxylic acid groups (broad SMARTS) is 1. The molecule has 0 aliphatic heterocycles. The van der Waals surface area contributed by atoms with E-state index in [1.54, 1.807) is 19.1 Å². The standard InChI is InChI=1S/C13H18N2O5S/c1-3-11(12(16)17)15-13(18)14-8-9-4-6-10(7-5-9)21(2,19)20/h4-7,11H,3,8H2,1-2H3,(H,16,17)(H2,14,15,18)/t11-/m0/s1. The highest BCUT2D eigenvalue weighted by molar-refractivity contribution is 7.90. The Labute approximate surface area is 123 Å². The molecule has 0 aliphatic rings. The maximum absolute atomic E-state index is 11.5. The van der Waals surface area contributed by atoms with Crippen LogP contribution in [0.1, 0.15) is 18.9 Å². The zero-order valence-corrected chi connectivity index (χ0v) is 12.6. The molecule has 0 saturated carbocycles. The van der Waals surface area contributed by atoms with Crippen molar-refractivity contribution in [3.63, 3.8) is 0 Å². The van der Waals surface area contributed by atoms with E-state index in [-0.39, 0.29) is 17.9 Å². The molecule has 0 aliphatic carbocycles. The summed E-state index contributed by atoms with van der Waals surface area (Å²) in [5.74, 6) is -1.09. The molecule has 0 unspecified atom stereocenters. The number of urea groups is 1. The van der Waals surface area contributed by atoms with E-state index in [4.69, 9.17) is 5.11 Å². The van der Waals surface area contributed by atoms with Crippen molar-refractivity contribution in [2.75, 3.05) is 6.26 Å². The highest BCUT2D eigenvalue weighted by atomic mass is 32.2. The quantitative estimate of drug-likeness (QED) is 0.717. The SMILES string of the molecule is CC[C@H](NC(=O)NCc1ccc(S(C)(=O)=O)cc1)C(=O)O. The first kappa shape index (κ1) is 17.0. The number of carbonyl (C=O) groups excluding carboxylic acids is 1. The van der Waals surface area contributed by atoms with Crippen molar-refractivity contribution in [2.45, 2.75) is 30.8 Å². The molecule has 21 heavy (non-hydrogen) atoms. The van der Waals surface area contributed by atoms with Crippen molar-refractivity contribution in [2.24, 2.45) is 0 Å². The van der Waals surface area contributed by atoms with Gasteiger partial charge in [-0.15, -0.1) is 0 Å². The molecule has 0 fully saturated rings. The fraction of sp³-hybridized carbons (Fsp3) is 0.385. The molecule has 0 radical (unpaired) electrons. The summed E-state index contributed by atoms with van der Waals surface area (Å²) in [4.78, 5) is 22.5. The Morgan fingerprint density at radius 1 is 1.24 bits per heavy atom. The molecule has 0 saturated heterocycles. The molecule has 116 valence electrons. The van der Waals surface area contributed by atoms with Crippen molar-refractivity contribution >= 4 is 21.8 Å². The number of aliphatic carboxylic acids is 1. The molecule has 0 heterocycles. The molecular weight excluding hydrogens is 296 g/mol. The van der Waals surface area contributed by atoms with Crippen LogP contribution in [0.4, 0.5) is 4.79 Å². The summed E-state index contributed by atoms with van der Waals surface area (Å²) in [7, 11) is -3.24. The highest BCUT2D eigenvalue weighted by Crippen LogP contribution is 2.10. The van der Waals surface area contributed by atoms with Crippen LogP contribution in [0.2, 0.25) is 0 Å². The van der Waals surface area contributed by atoms with Crippen LogP contribution in [-0.4, -0.2) is 37.8 Å². The molecule has 8 heteroatoms. The van der Waals surface area contributed by atoms with Gasteiger partial charge >= 0.3 is 12.0 Å². The van der Waals surface area contributed by atoms with Gasteiger partial charge in [-0.05, 0) is 24.1 Å². The van der Waals surface area contributed by atoms with Gasteiger partial charge in [0.05, 0.1) is 4.90 Å². The minimum absolute atomic E-state index is 0.173. The van der Waals surface area contributed by atoms with E-state index in [0.29, 0.717) is 5.56 Å². The number of sulfone groups is 1. The summed E-state index contributed by atoms with van der Waals surface area (Å²) < 4.78 is 22.6. The number of carboxylic acids is 1. The van der Waals surface area contributed by atoms with E-state index in [9.17, 15) is 18.0 Å². The summed E-state index contributed by atoms with van der Waals surface area (Å²) in [6.45, 7) is 1.83. The molecule has 1 aromatic rings. The highest BCUT2D eigenvalue weighted by Gasteiger charge is 2.17. The zero-order chi connectivity index (χ0) is 16.0. The molecule has 1 rings (SSSR count). The summed E-state index contributed by atoms with van der Waals surface area (Å²) in [6, 6.07) is 4.57. The summed E-state index contributed by atoms with van der Waals surface area (Å²) >= 11 is 0. The van der Waals surface area contributed by atoms with Gasteiger partial charge in [0.2, 0.25) is 0 Å². The van der Waals surface area contributed by atoms with Gasteiger partial charge in [-0.3, -0.25) is 0 Å². The topological polar surface area (TPSA) is 113 Å². The third kappa shape index (κ3) is 5.42. The van der Waals surface area contributed by atoms with Crippen molar-refractivity contribution in [3.05, 3.63) is 29.8 Å². The molecule has 0 spiro atoms. The fourth-order valence-corrected chi connectivity index (χ4v) is 2.22. The van der Waals surface area contributed by atoms with E-state index in [2.05, 4.69) is 10.6 Å². The molecule has 0 bridgehead atoms. The lowest BCUT2D eigenvalue weighted by molar-refractivity contribution is -0.139. The summed E-state index contributed by atoms with van der Waals surface area (Å²) in [5.41, 5.74) is 0.709. The molecule has 7 nitrogen and oxygen atoms in total. The first-order valence-corrected chi connectivity index (χ1v) is 8.19. The van der Waals surface area contributed by atoms with Gasteiger partial charge < -0.3 is 15.7 Å². The maximum Gasteiger partial charge on any atom is 0.326 e. The van der Waals surface area contributed by atoms with Crippen molar-refractivity contribution < 1.29 is 23.1 Å². The van der Waals surface area contributed by atoms with Crippen LogP contribution in [0.3, 0.4) is 0 Å². The second-order valence-corrected chi connectivity index (χ2v) is 6.56. The largest absolute Gasteiger partial charge is 0.480 e. The predicted molar refractivity (Wildman–Crippen MR) is 76.6 cm³/mol. The smallest absolute Gasteiger partial charge is 0.326 e. The van der Waals surface area contributed by atoms with Crippen LogP contribution in [0, 0.1) is 0 Å². The van der Waals surface area contributed by atoms with Crippen LogP contribution in [0.5, 0.6) is 0 Å². The van der Waals surface area contributed by atoms with Crippen LogP contribution >= 0.6 is 0 Å². The predicted octanol–water partition coefficient (Wildman–Crippen LogP) is 0.752. The Morgan fingerprint density at radius 2 is 1.81 bits per heavy atom. The number of nitrogens with one attached hydrogen (secondary N) is 2. The van der Waals surface area contributed by atoms with E-state index >= 15 is 0 Å². The second kappa shape index (κ2) is 7.07. The van der Waals surface area contributed by atoms with E-state index < -0.39 is 27.9 Å². The van der Waals surface area contributed by atoms with E-state index in [0.717, 1.165) is 6.26 Å². The van der Waals surface area contributed by atoms with Crippen molar-refractivity contribution in [1.82, 2.24) is 10.6 Å². The normalized spacial score (nSPS) is 12.5. The molecule has 2 amide bonds. The first-order valence-electron chi connectivity index (χ1n) is 6.30. The van der Waals surface area contributed by atoms with Gasteiger partial charge in [-0.25, -0.2) is 18.0 Å². The number of amides is 2. The lowest BCUT2D eigenvalue weighted by Crippen LogP contribution is -2.45. The Bertz CT molecular complexity index is 610. The van der Waals surface area contributed by atoms with Gasteiger partial charge in [0.25, 0.3) is 0 Å². The minimum Gasteiger partial charge on any atom is -0.480 e. The molecule has 0 aromatic heterocycles. The van der Waals surface area contributed by atoms with Crippen LogP contribution in [-0.2, 0) is 21.2 Å². The lowest BCUT2D eigenvalue weighted by atomic mass is 10.2. The monoisotopic (exact) mass is 314 g/mol. The number of hydrogen-bond donors (Lipinski definition) is 3. The summed E-state index contributed by atoms with van der Waals surface area (Å²) in [5, 5.41) is 13.7. The van der Waals surface area contributed by atoms with Crippen LogP contribution in [0.15, 0.2) is 29.2 Å². The minimum atomic E-state index is -3.24. The van der Waals surface area contributed by atoms with Crippen molar-refractivity contribution in [1.29, 1.82) is 0 Å². The number of benzene rings is 1. The Hall–Kier alpha value is -2.09. The number of carbonyl (C=O) groups is 2. The Balaban J connectivity index is 2.56. The number of rotatable bonds is 6. The van der Waals surface area contributed by atoms with Crippen LogP contribution < -0.4 is 10.6 Å². The van der Waals surface area contributed by atoms with Gasteiger partial charge in [0.15, 0.2) is 9.84 Å². The second-order valence-electron chi connectivity index (χ2n) is 4.54. The van der Waals surface area contributed by atoms with Gasteiger partial charge in [0, 0.05) is 12.8 Å². The third-order valence-corrected chi connectivity index (χ3v) is 3.94. The lowest BCUT2D eigenvalue weighted by Gasteiger charge is -2.13. The third-order valence-electron chi connectivity index (χ3n) is 2.82. The van der Waals surface area contributed by atoms with Crippen molar-refractivity contribution in [3.8, 4) is 0 Å². The molecule has 3 N–H and O–H groups in total. The molecule has 1 atom stereocenters. The Kier molecular flexibility index (Phi) is 5.71. The van der Waals surface area contributed by atoms with Gasteiger partial charge in [0.1, 0.15) is 6.04 Å². The van der Waals surface area contributed by atoms with Gasteiger partial charge in [-0.2, -0.15) is 0 Å². The van der Waals surface area contributed by atoms with E-state index in [1.807, 2.05) is 0 Å². The first-order chi connectivity index (χ1) is 9.74. The zero-order valence-electron chi connectivity index (χ0n) is 11.8. The maximum atomic E-state index is 11.5. The summed E-state index contributed by atoms with van der Waals surface area (Å²) in [6.07, 6.45) is 1.40. The van der Waals surface area contributed by atoms with E-state index in [1.165, 1.54) is 12.1 Å². The molecule has 1 aromatic carbocycles. The average molecular weight is 314 g/mol. The Morgan fingerprint density at radius 3 is 2.24 bits per heavy atom. The average Bonchev–Trinajstić information content (AvgIpc) is 2.41.